The fourth-order valence-corrected chi connectivity index (χ4v) is 3.33. The molecule has 2 N–H and O–H groups in total. The van der Waals surface area contributed by atoms with Gasteiger partial charge in [0.1, 0.15) is 0 Å². The Morgan fingerprint density at radius 1 is 0.900 bits per heavy atom. The highest BCUT2D eigenvalue weighted by Crippen LogP contribution is 2.18. The maximum absolute atomic E-state index is 12.8. The molecule has 30 heavy (non-hydrogen) atoms. The zero-order valence-corrected chi connectivity index (χ0v) is 16.3. The fourth-order valence-electron chi connectivity index (χ4n) is 3.33. The highest BCUT2D eigenvalue weighted by molar-refractivity contribution is 6.10. The minimum atomic E-state index is -0.284. The summed E-state index contributed by atoms with van der Waals surface area (Å²) in [5.74, 6) is -0.514. The van der Waals surface area contributed by atoms with Crippen LogP contribution in [0.15, 0.2) is 91.8 Å². The van der Waals surface area contributed by atoms with Crippen LogP contribution in [0.2, 0.25) is 0 Å². The Morgan fingerprint density at radius 3 is 2.40 bits per heavy atom. The standard InChI is InChI=1S/C24H20N4O2/c1-2-27-17-28(22-15-9-8-14-21(22)27)16-23(29)26-20-13-7-6-12-19(20)24(30)25-18-10-4-3-5-11-18/h2-15,17H,1,16H2,(H-,25,26,29,30)/p+1. The molecule has 1 heterocycles. The Morgan fingerprint density at radius 2 is 1.60 bits per heavy atom. The Hall–Kier alpha value is -4.19. The van der Waals surface area contributed by atoms with E-state index in [0.29, 0.717) is 16.9 Å². The van der Waals surface area contributed by atoms with Crippen molar-refractivity contribution in [1.82, 2.24) is 4.57 Å². The van der Waals surface area contributed by atoms with E-state index < -0.39 is 0 Å². The largest absolute Gasteiger partial charge is 0.322 e. The highest BCUT2D eigenvalue weighted by Gasteiger charge is 2.18. The number of para-hydroxylation sites is 4. The summed E-state index contributed by atoms with van der Waals surface area (Å²) in [5.41, 5.74) is 3.43. The number of rotatable bonds is 6. The van der Waals surface area contributed by atoms with Crippen LogP contribution in [-0.2, 0) is 11.3 Å². The summed E-state index contributed by atoms with van der Waals surface area (Å²) in [5, 5.41) is 5.71. The summed E-state index contributed by atoms with van der Waals surface area (Å²) >= 11 is 0. The third kappa shape index (κ3) is 3.98. The van der Waals surface area contributed by atoms with Gasteiger partial charge < -0.3 is 10.6 Å². The van der Waals surface area contributed by atoms with Crippen LogP contribution in [0.25, 0.3) is 17.2 Å². The summed E-state index contributed by atoms with van der Waals surface area (Å²) in [6, 6.07) is 23.9. The average molecular weight is 397 g/mol. The summed E-state index contributed by atoms with van der Waals surface area (Å²) in [7, 11) is 0. The third-order valence-electron chi connectivity index (χ3n) is 4.72. The molecule has 0 saturated heterocycles. The molecule has 0 aliphatic carbocycles. The van der Waals surface area contributed by atoms with Crippen LogP contribution < -0.4 is 15.2 Å². The van der Waals surface area contributed by atoms with Gasteiger partial charge in [0.15, 0.2) is 17.6 Å². The lowest BCUT2D eigenvalue weighted by Gasteiger charge is -2.11. The summed E-state index contributed by atoms with van der Waals surface area (Å²) < 4.78 is 3.71. The Labute approximate surface area is 174 Å². The molecule has 0 spiro atoms. The lowest BCUT2D eigenvalue weighted by molar-refractivity contribution is -0.658. The van der Waals surface area contributed by atoms with E-state index in [9.17, 15) is 9.59 Å². The van der Waals surface area contributed by atoms with E-state index in [1.807, 2.05) is 70.1 Å². The molecule has 4 rings (SSSR count). The molecule has 2 amide bonds. The second-order valence-electron chi connectivity index (χ2n) is 6.74. The quantitative estimate of drug-likeness (QED) is 0.484. The molecule has 0 atom stereocenters. The lowest BCUT2D eigenvalue weighted by Crippen LogP contribution is -2.39. The van der Waals surface area contributed by atoms with Gasteiger partial charge in [-0.05, 0) is 36.4 Å². The molecule has 3 aromatic carbocycles. The molecule has 0 aliphatic heterocycles. The van der Waals surface area contributed by atoms with Crippen molar-refractivity contribution in [2.24, 2.45) is 0 Å². The molecule has 4 aromatic rings. The van der Waals surface area contributed by atoms with Crippen LogP contribution in [0.1, 0.15) is 10.4 Å². The molecule has 148 valence electrons. The molecule has 6 heteroatoms. The van der Waals surface area contributed by atoms with Crippen LogP contribution >= 0.6 is 0 Å². The number of amides is 2. The Bertz CT molecular complexity index is 1230. The minimum Gasteiger partial charge on any atom is -0.322 e. The maximum Gasteiger partial charge on any atom is 0.266 e. The number of anilines is 2. The molecule has 6 nitrogen and oxygen atoms in total. The van der Waals surface area contributed by atoms with E-state index in [1.165, 1.54) is 0 Å². The van der Waals surface area contributed by atoms with Crippen LogP contribution in [-0.4, -0.2) is 16.4 Å². The molecule has 0 aliphatic rings. The monoisotopic (exact) mass is 397 g/mol. The van der Waals surface area contributed by atoms with Crippen molar-refractivity contribution in [3.8, 4) is 0 Å². The first-order valence-corrected chi connectivity index (χ1v) is 9.52. The average Bonchev–Trinajstić information content (AvgIpc) is 3.12. The van der Waals surface area contributed by atoms with Crippen molar-refractivity contribution in [2.45, 2.75) is 6.54 Å². The van der Waals surface area contributed by atoms with E-state index in [-0.39, 0.29) is 18.4 Å². The first kappa shape index (κ1) is 19.1. The number of nitrogens with zero attached hydrogens (tertiary/aromatic N) is 2. The van der Waals surface area contributed by atoms with Gasteiger partial charge in [-0.1, -0.05) is 49.0 Å². The smallest absolute Gasteiger partial charge is 0.266 e. The van der Waals surface area contributed by atoms with Gasteiger partial charge in [-0.2, -0.15) is 0 Å². The molecule has 1 aromatic heterocycles. The van der Waals surface area contributed by atoms with Crippen molar-refractivity contribution in [3.63, 3.8) is 0 Å². The van der Waals surface area contributed by atoms with E-state index in [0.717, 1.165) is 11.0 Å². The predicted octanol–water partition coefficient (Wildman–Crippen LogP) is 3.92. The third-order valence-corrected chi connectivity index (χ3v) is 4.72. The number of benzene rings is 3. The molecule has 0 radical (unpaired) electrons. The number of nitrogens with one attached hydrogen (secondary N) is 2. The van der Waals surface area contributed by atoms with Crippen molar-refractivity contribution in [1.29, 1.82) is 0 Å². The van der Waals surface area contributed by atoms with Gasteiger partial charge >= 0.3 is 0 Å². The van der Waals surface area contributed by atoms with Crippen molar-refractivity contribution >= 4 is 40.4 Å². The van der Waals surface area contributed by atoms with Crippen LogP contribution in [0, 0.1) is 0 Å². The zero-order valence-electron chi connectivity index (χ0n) is 16.3. The Kier molecular flexibility index (Phi) is 5.39. The lowest BCUT2D eigenvalue weighted by atomic mass is 10.1. The van der Waals surface area contributed by atoms with E-state index in [4.69, 9.17) is 0 Å². The van der Waals surface area contributed by atoms with Gasteiger partial charge in [-0.15, -0.1) is 0 Å². The van der Waals surface area contributed by atoms with Gasteiger partial charge in [-0.25, -0.2) is 9.13 Å². The summed E-state index contributed by atoms with van der Waals surface area (Å²) in [6.07, 6.45) is 3.52. The fraction of sp³-hybridized carbons (Fsp3) is 0.0417. The first-order valence-electron chi connectivity index (χ1n) is 9.52. The highest BCUT2D eigenvalue weighted by atomic mass is 16.2. The van der Waals surface area contributed by atoms with Gasteiger partial charge in [0.05, 0.1) is 17.5 Å². The van der Waals surface area contributed by atoms with Crippen LogP contribution in [0.4, 0.5) is 11.4 Å². The maximum atomic E-state index is 12.8. The van der Waals surface area contributed by atoms with Gasteiger partial charge in [0.2, 0.25) is 6.33 Å². The molecule has 0 bridgehead atoms. The number of hydrogen-bond donors (Lipinski definition) is 2. The summed E-state index contributed by atoms with van der Waals surface area (Å²) in [6.45, 7) is 3.92. The first-order chi connectivity index (χ1) is 14.7. The minimum absolute atomic E-state index is 0.107. The second-order valence-corrected chi connectivity index (χ2v) is 6.74. The van der Waals surface area contributed by atoms with Gasteiger partial charge in [0, 0.05) is 5.69 Å². The van der Waals surface area contributed by atoms with Gasteiger partial charge in [-0.3, -0.25) is 9.59 Å². The van der Waals surface area contributed by atoms with Crippen LogP contribution in [0.3, 0.4) is 0 Å². The number of hydrogen-bond acceptors (Lipinski definition) is 2. The number of carbonyl (C=O) groups is 2. The molecule has 0 fully saturated rings. The number of fused-ring (bicyclic) bond motifs is 1. The van der Waals surface area contributed by atoms with E-state index in [1.54, 1.807) is 30.5 Å². The second kappa shape index (κ2) is 8.45. The number of carbonyl (C=O) groups excluding carboxylic acids is 2. The SMILES string of the molecule is C=Cn1c[n+](CC(=O)Nc2ccccc2C(=O)Nc2ccccc2)c2ccccc21. The predicted molar refractivity (Wildman–Crippen MR) is 118 cm³/mol. The Balaban J connectivity index is 1.53. The summed E-state index contributed by atoms with van der Waals surface area (Å²) in [4.78, 5) is 25.5. The number of imidazole rings is 1. The van der Waals surface area contributed by atoms with Crippen molar-refractivity contribution in [3.05, 3.63) is 97.3 Å². The molecule has 0 unspecified atom stereocenters. The molecule has 0 saturated carbocycles. The van der Waals surface area contributed by atoms with Crippen molar-refractivity contribution < 1.29 is 14.2 Å². The topological polar surface area (TPSA) is 67.0 Å². The number of aromatic nitrogens is 2. The van der Waals surface area contributed by atoms with E-state index in [2.05, 4.69) is 17.2 Å². The van der Waals surface area contributed by atoms with Crippen LogP contribution in [0.5, 0.6) is 0 Å². The molecular weight excluding hydrogens is 376 g/mol. The van der Waals surface area contributed by atoms with E-state index >= 15 is 0 Å². The van der Waals surface area contributed by atoms with Crippen molar-refractivity contribution in [2.75, 3.05) is 10.6 Å². The molecular formula is C24H21N4O2+. The zero-order chi connectivity index (χ0) is 20.9. The van der Waals surface area contributed by atoms with Gasteiger partial charge in [0.25, 0.3) is 11.8 Å². The normalized spacial score (nSPS) is 10.5.